The highest BCUT2D eigenvalue weighted by molar-refractivity contribution is 7.90. The second kappa shape index (κ2) is 8.27. The highest BCUT2D eigenvalue weighted by atomic mass is 32.2. The van der Waals surface area contributed by atoms with Crippen molar-refractivity contribution >= 4 is 38.5 Å². The van der Waals surface area contributed by atoms with E-state index in [1.165, 1.54) is 30.3 Å². The molecule has 2 aromatic carbocycles. The van der Waals surface area contributed by atoms with Crippen LogP contribution in [0.25, 0.3) is 11.0 Å². The van der Waals surface area contributed by atoms with Crippen molar-refractivity contribution in [1.29, 1.82) is 0 Å². The summed E-state index contributed by atoms with van der Waals surface area (Å²) in [4.78, 5) is 23.4. The molecule has 32 heavy (non-hydrogen) atoms. The normalized spacial score (nSPS) is 15.5. The molecule has 0 bridgehead atoms. The first-order valence-electron chi connectivity index (χ1n) is 10.0. The molecule has 0 spiro atoms. The largest absolute Gasteiger partial charge is 0.362 e. The predicted octanol–water partition coefficient (Wildman–Crippen LogP) is 3.45. The summed E-state index contributed by atoms with van der Waals surface area (Å²) in [7, 11) is -2.04. The molecule has 0 saturated carbocycles. The summed E-state index contributed by atoms with van der Waals surface area (Å²) in [6.07, 6.45) is 1.49. The Kier molecular flexibility index (Phi) is 5.64. The van der Waals surface area contributed by atoms with E-state index in [9.17, 15) is 17.6 Å². The summed E-state index contributed by atoms with van der Waals surface area (Å²) in [5.41, 5.74) is 2.27. The number of aromatic nitrogens is 2. The molecule has 0 unspecified atom stereocenters. The lowest BCUT2D eigenvalue weighted by Crippen LogP contribution is -2.20. The van der Waals surface area contributed by atoms with Crippen LogP contribution in [0.3, 0.4) is 0 Å². The molecule has 1 aliphatic heterocycles. The Hall–Kier alpha value is -3.40. The first-order valence-corrected chi connectivity index (χ1v) is 11.5. The summed E-state index contributed by atoms with van der Waals surface area (Å²) < 4.78 is 43.2. The number of likely N-dealkylation sites (tertiary alicyclic amines) is 1. The molecule has 166 valence electrons. The average Bonchev–Trinajstić information content (AvgIpc) is 3.13. The van der Waals surface area contributed by atoms with Crippen LogP contribution in [0.4, 0.5) is 10.1 Å². The second-order valence-electron chi connectivity index (χ2n) is 7.70. The van der Waals surface area contributed by atoms with E-state index in [4.69, 9.17) is 0 Å². The SMILES string of the molecule is Cc1nc2cc(F)cc(C(=O)Nc3ccc(S(=O)(=O)N=C4CCCN4C)cc3)c2nc1C. The third-order valence-corrected chi connectivity index (χ3v) is 6.68. The molecule has 3 aromatic rings. The van der Waals surface area contributed by atoms with Crippen LogP contribution in [0.2, 0.25) is 0 Å². The number of nitrogens with zero attached hydrogens (tertiary/aromatic N) is 4. The molecule has 10 heteroatoms. The minimum Gasteiger partial charge on any atom is -0.362 e. The Labute approximate surface area is 185 Å². The average molecular weight is 456 g/mol. The van der Waals surface area contributed by atoms with Crippen molar-refractivity contribution in [2.75, 3.05) is 18.9 Å². The predicted molar refractivity (Wildman–Crippen MR) is 120 cm³/mol. The van der Waals surface area contributed by atoms with Crippen molar-refractivity contribution < 1.29 is 17.6 Å². The summed E-state index contributed by atoms with van der Waals surface area (Å²) in [6.45, 7) is 4.30. The number of fused-ring (bicyclic) bond motifs is 1. The van der Waals surface area contributed by atoms with Gasteiger partial charge in [-0.05, 0) is 50.6 Å². The highest BCUT2D eigenvalue weighted by Crippen LogP contribution is 2.22. The molecule has 1 saturated heterocycles. The zero-order valence-electron chi connectivity index (χ0n) is 17.9. The number of amidine groups is 1. The zero-order valence-corrected chi connectivity index (χ0v) is 18.7. The number of hydrogen-bond donors (Lipinski definition) is 1. The van der Waals surface area contributed by atoms with E-state index in [-0.39, 0.29) is 16.0 Å². The van der Waals surface area contributed by atoms with E-state index < -0.39 is 21.7 Å². The molecule has 1 aliphatic rings. The maximum absolute atomic E-state index is 14.1. The molecule has 1 N–H and O–H groups in total. The van der Waals surface area contributed by atoms with Crippen molar-refractivity contribution in [3.63, 3.8) is 0 Å². The van der Waals surface area contributed by atoms with E-state index in [0.29, 0.717) is 34.8 Å². The van der Waals surface area contributed by atoms with E-state index >= 15 is 0 Å². The lowest BCUT2D eigenvalue weighted by molar-refractivity contribution is 0.102. The number of carbonyl (C=O) groups is 1. The number of carbonyl (C=O) groups excluding carboxylic acids is 1. The molecule has 0 atom stereocenters. The van der Waals surface area contributed by atoms with Gasteiger partial charge in [0.05, 0.1) is 27.4 Å². The Morgan fingerprint density at radius 2 is 1.81 bits per heavy atom. The first kappa shape index (κ1) is 21.8. The van der Waals surface area contributed by atoms with Gasteiger partial charge >= 0.3 is 0 Å². The molecule has 1 amide bonds. The minimum absolute atomic E-state index is 0.0245. The molecule has 2 heterocycles. The summed E-state index contributed by atoms with van der Waals surface area (Å²) in [6, 6.07) is 8.02. The molecule has 1 fully saturated rings. The van der Waals surface area contributed by atoms with Gasteiger partial charge in [0.2, 0.25) is 0 Å². The molecule has 8 nitrogen and oxygen atoms in total. The number of rotatable bonds is 4. The topological polar surface area (TPSA) is 105 Å². The van der Waals surface area contributed by atoms with Crippen LogP contribution in [-0.4, -0.2) is 48.6 Å². The van der Waals surface area contributed by atoms with E-state index in [1.807, 2.05) is 11.9 Å². The number of sulfonamides is 1. The number of anilines is 1. The minimum atomic E-state index is -3.85. The number of aryl methyl sites for hydroxylation is 2. The molecular weight excluding hydrogens is 433 g/mol. The van der Waals surface area contributed by atoms with Crippen LogP contribution in [0, 0.1) is 19.7 Å². The fourth-order valence-electron chi connectivity index (χ4n) is 3.48. The summed E-state index contributed by atoms with van der Waals surface area (Å²) in [5, 5.41) is 2.66. The van der Waals surface area contributed by atoms with Gasteiger partial charge in [0.25, 0.3) is 15.9 Å². The lowest BCUT2D eigenvalue weighted by atomic mass is 10.1. The number of nitrogens with one attached hydrogen (secondary N) is 1. The van der Waals surface area contributed by atoms with E-state index in [0.717, 1.165) is 19.0 Å². The third kappa shape index (κ3) is 4.31. The van der Waals surface area contributed by atoms with Crippen LogP contribution in [0.5, 0.6) is 0 Å². The standard InChI is InChI=1S/C22H22FN5O3S/c1-13-14(2)25-21-18(11-15(23)12-19(21)24-13)22(29)26-16-6-8-17(9-7-16)32(30,31)27-20-5-4-10-28(20)3/h6-9,11-12H,4-5,10H2,1-3H3,(H,26,29). The fourth-order valence-corrected chi connectivity index (χ4v) is 4.57. The number of amides is 1. The smallest absolute Gasteiger partial charge is 0.283 e. The Morgan fingerprint density at radius 3 is 2.47 bits per heavy atom. The lowest BCUT2D eigenvalue weighted by Gasteiger charge is -2.11. The molecule has 1 aromatic heterocycles. The van der Waals surface area contributed by atoms with Gasteiger partial charge in [-0.25, -0.2) is 14.4 Å². The van der Waals surface area contributed by atoms with Crippen LogP contribution < -0.4 is 5.32 Å². The maximum atomic E-state index is 14.1. The van der Waals surface area contributed by atoms with Gasteiger partial charge in [-0.15, -0.1) is 4.40 Å². The zero-order chi connectivity index (χ0) is 23.0. The van der Waals surface area contributed by atoms with Crippen LogP contribution in [0.1, 0.15) is 34.6 Å². The quantitative estimate of drug-likeness (QED) is 0.646. The molecule has 0 radical (unpaired) electrons. The fraction of sp³-hybridized carbons (Fsp3) is 0.273. The van der Waals surface area contributed by atoms with Gasteiger partial charge in [0, 0.05) is 31.8 Å². The van der Waals surface area contributed by atoms with Gasteiger partial charge in [-0.1, -0.05) is 0 Å². The molecular formula is C22H22FN5O3S. The van der Waals surface area contributed by atoms with Gasteiger partial charge in [-0.2, -0.15) is 8.42 Å². The van der Waals surface area contributed by atoms with Crippen LogP contribution >= 0.6 is 0 Å². The van der Waals surface area contributed by atoms with Crippen molar-refractivity contribution in [3.05, 3.63) is 59.2 Å². The monoisotopic (exact) mass is 455 g/mol. The van der Waals surface area contributed by atoms with Gasteiger partial charge in [0.1, 0.15) is 17.2 Å². The van der Waals surface area contributed by atoms with Crippen LogP contribution in [-0.2, 0) is 10.0 Å². The van der Waals surface area contributed by atoms with Gasteiger partial charge in [0.15, 0.2) is 0 Å². The van der Waals surface area contributed by atoms with Crippen LogP contribution in [0.15, 0.2) is 45.7 Å². The van der Waals surface area contributed by atoms with Gasteiger partial charge in [-0.3, -0.25) is 4.79 Å². The highest BCUT2D eigenvalue weighted by Gasteiger charge is 2.21. The maximum Gasteiger partial charge on any atom is 0.283 e. The summed E-state index contributed by atoms with van der Waals surface area (Å²) in [5.74, 6) is -0.639. The van der Waals surface area contributed by atoms with Crippen molar-refractivity contribution in [3.8, 4) is 0 Å². The van der Waals surface area contributed by atoms with Crippen molar-refractivity contribution in [1.82, 2.24) is 14.9 Å². The Bertz CT molecular complexity index is 1350. The van der Waals surface area contributed by atoms with Gasteiger partial charge < -0.3 is 10.2 Å². The first-order chi connectivity index (χ1) is 15.1. The van der Waals surface area contributed by atoms with Crippen molar-refractivity contribution in [2.45, 2.75) is 31.6 Å². The van der Waals surface area contributed by atoms with E-state index in [2.05, 4.69) is 19.7 Å². The summed E-state index contributed by atoms with van der Waals surface area (Å²) >= 11 is 0. The molecule has 4 rings (SSSR count). The Morgan fingerprint density at radius 1 is 1.12 bits per heavy atom. The Balaban J connectivity index is 1.59. The third-order valence-electron chi connectivity index (χ3n) is 5.36. The number of benzene rings is 2. The molecule has 0 aliphatic carbocycles. The number of halogens is 1. The van der Waals surface area contributed by atoms with Crippen molar-refractivity contribution in [2.24, 2.45) is 4.40 Å². The number of hydrogen-bond acceptors (Lipinski definition) is 5. The second-order valence-corrected chi connectivity index (χ2v) is 9.31. The van der Waals surface area contributed by atoms with E-state index in [1.54, 1.807) is 13.8 Å².